The van der Waals surface area contributed by atoms with Crippen LogP contribution < -0.4 is 4.90 Å². The number of esters is 1. The Bertz CT molecular complexity index is 1090. The van der Waals surface area contributed by atoms with Gasteiger partial charge >= 0.3 is 5.97 Å². The highest BCUT2D eigenvalue weighted by atomic mass is 16.5. The largest absolute Gasteiger partial charge is 0.450 e. The number of amides is 1. The van der Waals surface area contributed by atoms with E-state index in [1.54, 1.807) is 13.0 Å². The van der Waals surface area contributed by atoms with Crippen molar-refractivity contribution in [3.05, 3.63) is 64.9 Å². The normalized spacial score (nSPS) is 10.6. The number of benzene rings is 2. The molecule has 1 aromatic heterocycles. The molecule has 0 N–H and O–H groups in total. The van der Waals surface area contributed by atoms with Crippen LogP contribution in [0.2, 0.25) is 0 Å². The molecule has 0 saturated heterocycles. The fraction of sp³-hybridized carbons (Fsp3) is 0.261. The maximum Gasteiger partial charge on any atom is 0.375 e. The Morgan fingerprint density at radius 3 is 2.45 bits per heavy atom. The van der Waals surface area contributed by atoms with E-state index in [1.807, 2.05) is 56.3 Å². The van der Waals surface area contributed by atoms with E-state index in [9.17, 15) is 9.59 Å². The Hall–Kier alpha value is -3.59. The lowest BCUT2D eigenvalue weighted by Gasteiger charge is -2.22. The van der Waals surface area contributed by atoms with Crippen molar-refractivity contribution in [3.63, 3.8) is 0 Å². The van der Waals surface area contributed by atoms with E-state index in [4.69, 9.17) is 14.4 Å². The molecule has 0 aliphatic carbocycles. The molecule has 3 aromatic rings. The molecule has 6 heteroatoms. The summed E-state index contributed by atoms with van der Waals surface area (Å²) in [5.74, 6) is -0.992. The lowest BCUT2D eigenvalue weighted by molar-refractivity contribution is -0.121. The quantitative estimate of drug-likeness (QED) is 0.580. The van der Waals surface area contributed by atoms with Crippen LogP contribution in [0.25, 0.3) is 11.0 Å². The van der Waals surface area contributed by atoms with Crippen LogP contribution in [0.3, 0.4) is 0 Å². The Kier molecular flexibility index (Phi) is 5.99. The summed E-state index contributed by atoms with van der Waals surface area (Å²) >= 11 is 0. The van der Waals surface area contributed by atoms with Crippen molar-refractivity contribution in [2.45, 2.75) is 27.2 Å². The molecule has 0 bridgehead atoms. The van der Waals surface area contributed by atoms with E-state index in [1.165, 1.54) is 4.90 Å². The fourth-order valence-corrected chi connectivity index (χ4v) is 3.31. The van der Waals surface area contributed by atoms with Gasteiger partial charge in [0.2, 0.25) is 5.76 Å². The third-order valence-electron chi connectivity index (χ3n) is 4.62. The number of nitrogens with zero attached hydrogens (tertiary/aromatic N) is 2. The van der Waals surface area contributed by atoms with Gasteiger partial charge in [-0.05, 0) is 50.1 Å². The highest BCUT2D eigenvalue weighted by Crippen LogP contribution is 2.25. The minimum atomic E-state index is -0.687. The summed E-state index contributed by atoms with van der Waals surface area (Å²) in [6.45, 7) is 5.44. The van der Waals surface area contributed by atoms with Crippen LogP contribution in [0.15, 0.2) is 46.9 Å². The summed E-state index contributed by atoms with van der Waals surface area (Å²) in [4.78, 5) is 26.7. The van der Waals surface area contributed by atoms with Gasteiger partial charge in [-0.25, -0.2) is 4.79 Å². The van der Waals surface area contributed by atoms with Gasteiger partial charge in [-0.1, -0.05) is 24.3 Å². The average Bonchev–Trinajstić information content (AvgIpc) is 3.03. The fourth-order valence-electron chi connectivity index (χ4n) is 3.31. The van der Waals surface area contributed by atoms with E-state index >= 15 is 0 Å². The number of furan rings is 1. The second-order valence-electron chi connectivity index (χ2n) is 6.93. The number of ether oxygens (including phenoxy) is 1. The Balaban J connectivity index is 1.76. The van der Waals surface area contributed by atoms with Crippen molar-refractivity contribution < 1.29 is 18.7 Å². The third kappa shape index (κ3) is 4.46. The molecule has 0 atom stereocenters. The minimum Gasteiger partial charge on any atom is -0.450 e. The molecule has 1 amide bonds. The van der Waals surface area contributed by atoms with Gasteiger partial charge in [0.15, 0.2) is 6.61 Å². The molecule has 148 valence electrons. The molecular formula is C23H22N2O4. The van der Waals surface area contributed by atoms with Crippen molar-refractivity contribution in [2.24, 2.45) is 0 Å². The molecule has 29 heavy (non-hydrogen) atoms. The van der Waals surface area contributed by atoms with E-state index in [2.05, 4.69) is 0 Å². The van der Waals surface area contributed by atoms with Gasteiger partial charge in [0.05, 0.1) is 12.5 Å². The monoisotopic (exact) mass is 390 g/mol. The van der Waals surface area contributed by atoms with E-state index < -0.39 is 18.5 Å². The van der Waals surface area contributed by atoms with Gasteiger partial charge in [0.1, 0.15) is 5.58 Å². The molecule has 6 nitrogen and oxygen atoms in total. The standard InChI is InChI=1S/C23H22N2O4/c1-15-11-16(2)13-18(12-15)25(10-6-9-24)21(26)14-28-23(27)22-17(3)19-7-4-5-8-20(19)29-22/h4-5,7-8,11-13H,6,10,14H2,1-3H3. The first-order valence-electron chi connectivity index (χ1n) is 9.31. The molecule has 0 fully saturated rings. The van der Waals surface area contributed by atoms with Crippen LogP contribution in [0.4, 0.5) is 5.69 Å². The van der Waals surface area contributed by atoms with Crippen molar-refractivity contribution in [3.8, 4) is 6.07 Å². The number of hydrogen-bond acceptors (Lipinski definition) is 5. The lowest BCUT2D eigenvalue weighted by atomic mass is 10.1. The maximum absolute atomic E-state index is 12.8. The number of anilines is 1. The van der Waals surface area contributed by atoms with Gasteiger partial charge in [0, 0.05) is 23.2 Å². The number of fused-ring (bicyclic) bond motifs is 1. The molecule has 0 unspecified atom stereocenters. The zero-order chi connectivity index (χ0) is 21.0. The van der Waals surface area contributed by atoms with Crippen LogP contribution >= 0.6 is 0 Å². The van der Waals surface area contributed by atoms with Gasteiger partial charge in [-0.15, -0.1) is 0 Å². The highest BCUT2D eigenvalue weighted by Gasteiger charge is 2.22. The van der Waals surface area contributed by atoms with E-state index in [0.29, 0.717) is 16.8 Å². The molecule has 2 aromatic carbocycles. The summed E-state index contributed by atoms with van der Waals surface area (Å²) in [6, 6.07) is 15.1. The second kappa shape index (κ2) is 8.61. The van der Waals surface area contributed by atoms with Crippen molar-refractivity contribution in [1.29, 1.82) is 5.26 Å². The van der Waals surface area contributed by atoms with Crippen LogP contribution in [-0.2, 0) is 9.53 Å². The zero-order valence-corrected chi connectivity index (χ0v) is 16.7. The summed E-state index contributed by atoms with van der Waals surface area (Å²) < 4.78 is 10.8. The first-order chi connectivity index (χ1) is 13.9. The second-order valence-corrected chi connectivity index (χ2v) is 6.93. The topological polar surface area (TPSA) is 83.5 Å². The summed E-state index contributed by atoms with van der Waals surface area (Å²) in [6.07, 6.45) is 0.176. The third-order valence-corrected chi connectivity index (χ3v) is 4.62. The van der Waals surface area contributed by atoms with Crippen LogP contribution in [-0.4, -0.2) is 25.0 Å². The SMILES string of the molecule is Cc1cc(C)cc(N(CCC#N)C(=O)COC(=O)c2oc3ccccc3c2C)c1. The highest BCUT2D eigenvalue weighted by molar-refractivity contribution is 5.99. The Morgan fingerprint density at radius 1 is 1.10 bits per heavy atom. The predicted molar refractivity (Wildman–Crippen MR) is 110 cm³/mol. The molecule has 0 radical (unpaired) electrons. The summed E-state index contributed by atoms with van der Waals surface area (Å²) in [7, 11) is 0. The molecule has 0 saturated carbocycles. The number of para-hydroxylation sites is 1. The van der Waals surface area contributed by atoms with Crippen LogP contribution in [0.5, 0.6) is 0 Å². The van der Waals surface area contributed by atoms with Gasteiger partial charge in [-0.3, -0.25) is 4.79 Å². The summed E-state index contributed by atoms with van der Waals surface area (Å²) in [5.41, 5.74) is 3.95. The maximum atomic E-state index is 12.8. The molecule has 0 aliphatic heterocycles. The Labute approximate surface area is 169 Å². The molecular weight excluding hydrogens is 368 g/mol. The van der Waals surface area contributed by atoms with Crippen molar-refractivity contribution >= 4 is 28.5 Å². The number of nitriles is 1. The van der Waals surface area contributed by atoms with Crippen molar-refractivity contribution in [1.82, 2.24) is 0 Å². The molecule has 0 spiro atoms. The Morgan fingerprint density at radius 2 is 1.79 bits per heavy atom. The van der Waals surface area contributed by atoms with Crippen LogP contribution in [0.1, 0.15) is 33.7 Å². The zero-order valence-electron chi connectivity index (χ0n) is 16.7. The lowest BCUT2D eigenvalue weighted by Crippen LogP contribution is -2.35. The van der Waals surface area contributed by atoms with Gasteiger partial charge in [-0.2, -0.15) is 5.26 Å². The van der Waals surface area contributed by atoms with Crippen molar-refractivity contribution in [2.75, 3.05) is 18.1 Å². The smallest absolute Gasteiger partial charge is 0.375 e. The molecule has 1 heterocycles. The number of rotatable bonds is 6. The van der Waals surface area contributed by atoms with Crippen LogP contribution in [0, 0.1) is 32.1 Å². The summed E-state index contributed by atoms with van der Waals surface area (Å²) in [5, 5.41) is 9.76. The first-order valence-corrected chi connectivity index (χ1v) is 9.31. The average molecular weight is 390 g/mol. The molecule has 0 aliphatic rings. The molecule has 3 rings (SSSR count). The van der Waals surface area contributed by atoms with Gasteiger partial charge in [0.25, 0.3) is 5.91 Å². The van der Waals surface area contributed by atoms with Gasteiger partial charge < -0.3 is 14.1 Å². The minimum absolute atomic E-state index is 0.0916. The van der Waals surface area contributed by atoms with E-state index in [0.717, 1.165) is 16.5 Å². The number of aryl methyl sites for hydroxylation is 3. The van der Waals surface area contributed by atoms with E-state index in [-0.39, 0.29) is 18.7 Å². The number of carbonyl (C=O) groups is 2. The predicted octanol–water partition coefficient (Wildman–Crippen LogP) is 4.46. The number of hydrogen-bond donors (Lipinski definition) is 0. The number of carbonyl (C=O) groups excluding carboxylic acids is 2. The first kappa shape index (κ1) is 20.2.